The summed E-state index contributed by atoms with van der Waals surface area (Å²) in [4.78, 5) is 12.6. The molecule has 0 bridgehead atoms. The molecule has 1 aromatic carbocycles. The maximum absolute atomic E-state index is 12.6. The molecule has 2 N–H and O–H groups in total. The van der Waals surface area contributed by atoms with Crippen LogP contribution in [0, 0.1) is 5.41 Å². The fraction of sp³-hybridized carbons (Fsp3) is 0.611. The average molecular weight is 357 g/mol. The Labute approximate surface area is 150 Å². The van der Waals surface area contributed by atoms with Crippen LogP contribution in [0.25, 0.3) is 0 Å². The molecule has 0 aliphatic carbocycles. The number of hydrogen-bond acceptors (Lipinski definition) is 4. The molecule has 1 fully saturated rings. The molecule has 1 amide bonds. The third-order valence-corrected chi connectivity index (χ3v) is 4.23. The van der Waals surface area contributed by atoms with Crippen LogP contribution in [0.2, 0.25) is 0 Å². The summed E-state index contributed by atoms with van der Waals surface area (Å²) in [5, 5.41) is 6.44. The zero-order valence-electron chi connectivity index (χ0n) is 14.8. The second-order valence-electron chi connectivity index (χ2n) is 6.53. The normalized spacial score (nSPS) is 16.3. The monoisotopic (exact) mass is 356 g/mol. The molecule has 6 heteroatoms. The van der Waals surface area contributed by atoms with E-state index in [-0.39, 0.29) is 29.8 Å². The van der Waals surface area contributed by atoms with E-state index in [4.69, 9.17) is 9.47 Å². The van der Waals surface area contributed by atoms with E-state index in [2.05, 4.69) is 10.6 Å². The largest absolute Gasteiger partial charge is 0.490 e. The Hall–Kier alpha value is -1.30. The molecule has 1 saturated heterocycles. The van der Waals surface area contributed by atoms with Gasteiger partial charge in [-0.05, 0) is 51.9 Å². The Balaban J connectivity index is 0.00000288. The van der Waals surface area contributed by atoms with E-state index in [1.165, 1.54) is 0 Å². The van der Waals surface area contributed by atoms with Gasteiger partial charge < -0.3 is 20.1 Å². The average Bonchev–Trinajstić information content (AvgIpc) is 2.54. The Morgan fingerprint density at radius 2 is 1.96 bits per heavy atom. The summed E-state index contributed by atoms with van der Waals surface area (Å²) in [6.07, 6.45) is 2.05. The highest BCUT2D eigenvalue weighted by molar-refractivity contribution is 5.96. The lowest BCUT2D eigenvalue weighted by molar-refractivity contribution is 0.0511. The molecule has 0 spiro atoms. The van der Waals surface area contributed by atoms with E-state index >= 15 is 0 Å². The number of hydrogen-bond donors (Lipinski definition) is 2. The first-order valence-corrected chi connectivity index (χ1v) is 8.30. The van der Waals surface area contributed by atoms with Gasteiger partial charge in [-0.25, -0.2) is 0 Å². The summed E-state index contributed by atoms with van der Waals surface area (Å²) < 4.78 is 11.1. The Morgan fingerprint density at radius 3 is 2.58 bits per heavy atom. The topological polar surface area (TPSA) is 59.6 Å². The molecule has 2 rings (SSSR count). The van der Waals surface area contributed by atoms with Crippen molar-refractivity contribution >= 4 is 18.3 Å². The maximum Gasteiger partial charge on any atom is 0.255 e. The van der Waals surface area contributed by atoms with E-state index < -0.39 is 0 Å². The van der Waals surface area contributed by atoms with Crippen LogP contribution in [0.1, 0.15) is 37.0 Å². The number of amides is 1. The number of piperidine rings is 1. The number of rotatable bonds is 7. The summed E-state index contributed by atoms with van der Waals surface area (Å²) in [5.41, 5.74) is 0.603. The SMILES string of the molecule is COCC1(CNC(=O)c2ccccc2OC(C)C)CCNCC1.Cl. The minimum absolute atomic E-state index is 0. The number of carbonyl (C=O) groups excluding carboxylic acids is 1. The Morgan fingerprint density at radius 1 is 1.29 bits per heavy atom. The third-order valence-electron chi connectivity index (χ3n) is 4.23. The first-order chi connectivity index (χ1) is 11.1. The highest BCUT2D eigenvalue weighted by Gasteiger charge is 2.32. The lowest BCUT2D eigenvalue weighted by Crippen LogP contribution is -2.47. The minimum atomic E-state index is -0.0877. The van der Waals surface area contributed by atoms with Crippen LogP contribution in [-0.4, -0.2) is 45.4 Å². The molecule has 0 aromatic heterocycles. The van der Waals surface area contributed by atoms with Crippen LogP contribution < -0.4 is 15.4 Å². The first kappa shape index (κ1) is 20.7. The van der Waals surface area contributed by atoms with Gasteiger partial charge in [0.05, 0.1) is 18.3 Å². The molecule has 1 heterocycles. The quantitative estimate of drug-likeness (QED) is 0.788. The van der Waals surface area contributed by atoms with E-state index in [0.29, 0.717) is 24.5 Å². The number of nitrogens with one attached hydrogen (secondary N) is 2. The second-order valence-corrected chi connectivity index (χ2v) is 6.53. The molecular weight excluding hydrogens is 328 g/mol. The van der Waals surface area contributed by atoms with Gasteiger partial charge >= 0.3 is 0 Å². The zero-order chi connectivity index (χ0) is 16.7. The van der Waals surface area contributed by atoms with Gasteiger partial charge in [0.1, 0.15) is 5.75 Å². The van der Waals surface area contributed by atoms with Crippen molar-refractivity contribution in [2.75, 3.05) is 33.4 Å². The number of halogens is 1. The Kier molecular flexibility index (Phi) is 8.53. The van der Waals surface area contributed by atoms with Gasteiger partial charge in [0.2, 0.25) is 0 Å². The molecular formula is C18H29ClN2O3. The molecule has 0 atom stereocenters. The predicted molar refractivity (Wildman–Crippen MR) is 98.2 cm³/mol. The molecule has 136 valence electrons. The summed E-state index contributed by atoms with van der Waals surface area (Å²) >= 11 is 0. The number of methoxy groups -OCH3 is 1. The fourth-order valence-corrected chi connectivity index (χ4v) is 3.01. The molecule has 0 saturated carbocycles. The van der Waals surface area contributed by atoms with Gasteiger partial charge in [-0.3, -0.25) is 4.79 Å². The van der Waals surface area contributed by atoms with Gasteiger partial charge in [0.15, 0.2) is 0 Å². The zero-order valence-corrected chi connectivity index (χ0v) is 15.6. The molecule has 0 radical (unpaired) electrons. The van der Waals surface area contributed by atoms with Crippen molar-refractivity contribution in [2.45, 2.75) is 32.8 Å². The highest BCUT2D eigenvalue weighted by Crippen LogP contribution is 2.28. The van der Waals surface area contributed by atoms with Crippen LogP contribution in [-0.2, 0) is 4.74 Å². The summed E-state index contributed by atoms with van der Waals surface area (Å²) in [7, 11) is 1.72. The van der Waals surface area contributed by atoms with Crippen LogP contribution in [0.3, 0.4) is 0 Å². The van der Waals surface area contributed by atoms with E-state index in [1.807, 2.05) is 32.0 Å². The van der Waals surface area contributed by atoms with Crippen LogP contribution in [0.4, 0.5) is 0 Å². The standard InChI is InChI=1S/C18H28N2O3.ClH/c1-14(2)23-16-7-5-4-6-15(16)17(21)20-12-18(13-22-3)8-10-19-11-9-18;/h4-7,14,19H,8-13H2,1-3H3,(H,20,21);1H. The van der Waals surface area contributed by atoms with Crippen molar-refractivity contribution < 1.29 is 14.3 Å². The third kappa shape index (κ3) is 5.65. The fourth-order valence-electron chi connectivity index (χ4n) is 3.01. The van der Waals surface area contributed by atoms with Crippen LogP contribution in [0.15, 0.2) is 24.3 Å². The summed E-state index contributed by atoms with van der Waals surface area (Å²) in [6, 6.07) is 7.38. The number of para-hydroxylation sites is 1. The molecule has 1 aromatic rings. The number of benzene rings is 1. The van der Waals surface area contributed by atoms with E-state index in [0.717, 1.165) is 25.9 Å². The van der Waals surface area contributed by atoms with Crippen molar-refractivity contribution in [2.24, 2.45) is 5.41 Å². The lowest BCUT2D eigenvalue weighted by atomic mass is 9.79. The minimum Gasteiger partial charge on any atom is -0.490 e. The van der Waals surface area contributed by atoms with Crippen molar-refractivity contribution in [3.63, 3.8) is 0 Å². The van der Waals surface area contributed by atoms with Gasteiger partial charge in [-0.1, -0.05) is 12.1 Å². The summed E-state index contributed by atoms with van der Waals surface area (Å²) in [5.74, 6) is 0.543. The lowest BCUT2D eigenvalue weighted by Gasteiger charge is -2.37. The first-order valence-electron chi connectivity index (χ1n) is 8.30. The van der Waals surface area contributed by atoms with Gasteiger partial charge in [0, 0.05) is 19.1 Å². The van der Waals surface area contributed by atoms with E-state index in [1.54, 1.807) is 13.2 Å². The van der Waals surface area contributed by atoms with E-state index in [9.17, 15) is 4.79 Å². The highest BCUT2D eigenvalue weighted by atomic mass is 35.5. The molecule has 1 aliphatic heterocycles. The Bertz CT molecular complexity index is 511. The van der Waals surface area contributed by atoms with Gasteiger partial charge in [0.25, 0.3) is 5.91 Å². The smallest absolute Gasteiger partial charge is 0.255 e. The van der Waals surface area contributed by atoms with Crippen molar-refractivity contribution in [3.8, 4) is 5.75 Å². The molecule has 24 heavy (non-hydrogen) atoms. The maximum atomic E-state index is 12.6. The molecule has 5 nitrogen and oxygen atoms in total. The van der Waals surface area contributed by atoms with Gasteiger partial charge in [-0.2, -0.15) is 0 Å². The number of ether oxygens (including phenoxy) is 2. The molecule has 0 unspecified atom stereocenters. The van der Waals surface area contributed by atoms with Crippen LogP contribution in [0.5, 0.6) is 5.75 Å². The van der Waals surface area contributed by atoms with Crippen molar-refractivity contribution in [1.29, 1.82) is 0 Å². The van der Waals surface area contributed by atoms with Gasteiger partial charge in [-0.15, -0.1) is 12.4 Å². The second kappa shape index (κ2) is 9.87. The van der Waals surface area contributed by atoms with Crippen molar-refractivity contribution in [1.82, 2.24) is 10.6 Å². The predicted octanol–water partition coefficient (Wildman–Crippen LogP) is 2.64. The molecule has 1 aliphatic rings. The van der Waals surface area contributed by atoms with Crippen molar-refractivity contribution in [3.05, 3.63) is 29.8 Å². The van der Waals surface area contributed by atoms with Crippen LogP contribution >= 0.6 is 12.4 Å². The summed E-state index contributed by atoms with van der Waals surface area (Å²) in [6.45, 7) is 7.13. The number of carbonyl (C=O) groups is 1.